The average molecular weight is 269 g/mol. The van der Waals surface area contributed by atoms with Gasteiger partial charge in [-0.05, 0) is 24.0 Å². The molecule has 0 spiro atoms. The van der Waals surface area contributed by atoms with Crippen molar-refractivity contribution in [2.24, 2.45) is 0 Å². The Labute approximate surface area is 119 Å². The fourth-order valence-electron chi connectivity index (χ4n) is 2.34. The average Bonchev–Trinajstić information content (AvgIpc) is 2.55. The third kappa shape index (κ3) is 3.33. The number of hydrogen-bond acceptors (Lipinski definition) is 4. The molecule has 4 nitrogen and oxygen atoms in total. The van der Waals surface area contributed by atoms with E-state index in [1.165, 1.54) is 11.1 Å². The maximum atomic E-state index is 5.34. The van der Waals surface area contributed by atoms with Crippen LogP contribution in [0.5, 0.6) is 0 Å². The van der Waals surface area contributed by atoms with Crippen LogP contribution in [0.15, 0.2) is 42.7 Å². The lowest BCUT2D eigenvalue weighted by molar-refractivity contribution is 0.122. The van der Waals surface area contributed by atoms with Gasteiger partial charge in [0.1, 0.15) is 0 Å². The number of benzene rings is 1. The van der Waals surface area contributed by atoms with E-state index in [2.05, 4.69) is 39.1 Å². The lowest BCUT2D eigenvalue weighted by atomic mass is 10.1. The minimum absolute atomic E-state index is 0.763. The van der Waals surface area contributed by atoms with E-state index in [-0.39, 0.29) is 0 Å². The summed E-state index contributed by atoms with van der Waals surface area (Å²) in [5, 5.41) is 0. The summed E-state index contributed by atoms with van der Waals surface area (Å²) in [6.07, 6.45) is 5.90. The predicted octanol–water partition coefficient (Wildman–Crippen LogP) is 2.10. The van der Waals surface area contributed by atoms with E-state index in [1.54, 1.807) is 0 Å². The van der Waals surface area contributed by atoms with Crippen molar-refractivity contribution in [1.82, 2.24) is 9.97 Å². The van der Waals surface area contributed by atoms with Crippen molar-refractivity contribution in [1.29, 1.82) is 0 Å². The number of nitrogens with zero attached hydrogens (tertiary/aromatic N) is 3. The van der Waals surface area contributed by atoms with E-state index in [4.69, 9.17) is 4.74 Å². The molecule has 0 saturated carbocycles. The van der Waals surface area contributed by atoms with E-state index < -0.39 is 0 Å². The van der Waals surface area contributed by atoms with Gasteiger partial charge >= 0.3 is 0 Å². The minimum Gasteiger partial charge on any atom is -0.378 e. The molecule has 1 aromatic carbocycles. The number of aromatic nitrogens is 2. The molecule has 1 fully saturated rings. The topological polar surface area (TPSA) is 38.2 Å². The highest BCUT2D eigenvalue weighted by molar-refractivity contribution is 5.30. The third-order valence-corrected chi connectivity index (χ3v) is 3.53. The molecule has 4 heteroatoms. The molecule has 0 unspecified atom stereocenters. The summed E-state index contributed by atoms with van der Waals surface area (Å²) in [5.74, 6) is 0.816. The second kappa shape index (κ2) is 6.48. The number of morpholine rings is 1. The van der Waals surface area contributed by atoms with Crippen LogP contribution in [0.4, 0.5) is 5.95 Å². The van der Waals surface area contributed by atoms with Crippen LogP contribution < -0.4 is 4.90 Å². The van der Waals surface area contributed by atoms with Gasteiger partial charge in [0.25, 0.3) is 0 Å². The van der Waals surface area contributed by atoms with Crippen LogP contribution >= 0.6 is 0 Å². The van der Waals surface area contributed by atoms with Crippen LogP contribution in [0, 0.1) is 0 Å². The minimum atomic E-state index is 0.763. The summed E-state index contributed by atoms with van der Waals surface area (Å²) >= 11 is 0. The van der Waals surface area contributed by atoms with Crippen LogP contribution in [0.3, 0.4) is 0 Å². The lowest BCUT2D eigenvalue weighted by Crippen LogP contribution is -2.37. The quantitative estimate of drug-likeness (QED) is 0.852. The number of hydrogen-bond donors (Lipinski definition) is 0. The van der Waals surface area contributed by atoms with E-state index >= 15 is 0 Å². The molecule has 0 aliphatic carbocycles. The van der Waals surface area contributed by atoms with Gasteiger partial charge in [0.15, 0.2) is 0 Å². The summed E-state index contributed by atoms with van der Waals surface area (Å²) in [6.45, 7) is 3.28. The number of aryl methyl sites for hydroxylation is 2. The zero-order valence-corrected chi connectivity index (χ0v) is 11.5. The first-order chi connectivity index (χ1) is 9.92. The maximum absolute atomic E-state index is 5.34. The van der Waals surface area contributed by atoms with Crippen LogP contribution in [0.2, 0.25) is 0 Å². The summed E-state index contributed by atoms with van der Waals surface area (Å²) < 4.78 is 5.34. The second-order valence-electron chi connectivity index (χ2n) is 4.98. The van der Waals surface area contributed by atoms with Gasteiger partial charge in [-0.1, -0.05) is 30.3 Å². The standard InChI is InChI=1S/C16H19N3O/c1-2-4-14(5-3-1)6-7-15-12-17-16(18-13-15)19-8-10-20-11-9-19/h1-5,12-13H,6-11H2. The molecule has 2 heterocycles. The van der Waals surface area contributed by atoms with Crippen molar-refractivity contribution in [3.63, 3.8) is 0 Å². The Morgan fingerprint density at radius 1 is 0.900 bits per heavy atom. The normalized spacial score (nSPS) is 15.3. The maximum Gasteiger partial charge on any atom is 0.225 e. The van der Waals surface area contributed by atoms with Crippen LogP contribution in [-0.2, 0) is 17.6 Å². The molecular formula is C16H19N3O. The molecule has 0 radical (unpaired) electrons. The van der Waals surface area contributed by atoms with Crippen molar-refractivity contribution in [2.75, 3.05) is 31.2 Å². The number of ether oxygens (including phenoxy) is 1. The lowest BCUT2D eigenvalue weighted by Gasteiger charge is -2.26. The van der Waals surface area contributed by atoms with Crippen molar-refractivity contribution in [2.45, 2.75) is 12.8 Å². The predicted molar refractivity (Wildman–Crippen MR) is 78.9 cm³/mol. The molecule has 0 N–H and O–H groups in total. The summed E-state index contributed by atoms with van der Waals surface area (Å²) in [4.78, 5) is 11.1. The molecule has 0 bridgehead atoms. The fourth-order valence-corrected chi connectivity index (χ4v) is 2.34. The van der Waals surface area contributed by atoms with Crippen LogP contribution in [-0.4, -0.2) is 36.3 Å². The summed E-state index contributed by atoms with van der Waals surface area (Å²) in [5.41, 5.74) is 2.54. The molecule has 1 aliphatic rings. The first kappa shape index (κ1) is 13.1. The van der Waals surface area contributed by atoms with Crippen LogP contribution in [0.25, 0.3) is 0 Å². The van der Waals surface area contributed by atoms with Gasteiger partial charge in [0.05, 0.1) is 13.2 Å². The largest absolute Gasteiger partial charge is 0.378 e. The first-order valence-electron chi connectivity index (χ1n) is 7.09. The number of rotatable bonds is 4. The molecule has 104 valence electrons. The molecule has 3 rings (SSSR count). The van der Waals surface area contributed by atoms with Gasteiger partial charge in [-0.2, -0.15) is 0 Å². The van der Waals surface area contributed by atoms with E-state index in [0.29, 0.717) is 0 Å². The number of anilines is 1. The second-order valence-corrected chi connectivity index (χ2v) is 4.98. The highest BCUT2D eigenvalue weighted by Crippen LogP contribution is 2.11. The van der Waals surface area contributed by atoms with Crippen LogP contribution in [0.1, 0.15) is 11.1 Å². The SMILES string of the molecule is c1ccc(CCc2cnc(N3CCOCC3)nc2)cc1. The Morgan fingerprint density at radius 3 is 2.25 bits per heavy atom. The Hall–Kier alpha value is -1.94. The van der Waals surface area contributed by atoms with Gasteiger partial charge in [0.2, 0.25) is 5.95 Å². The smallest absolute Gasteiger partial charge is 0.225 e. The molecule has 0 amide bonds. The third-order valence-electron chi connectivity index (χ3n) is 3.53. The molecule has 2 aromatic rings. The Morgan fingerprint density at radius 2 is 1.55 bits per heavy atom. The van der Waals surface area contributed by atoms with Gasteiger partial charge < -0.3 is 9.64 Å². The molecule has 1 saturated heterocycles. The first-order valence-corrected chi connectivity index (χ1v) is 7.09. The fraction of sp³-hybridized carbons (Fsp3) is 0.375. The zero-order valence-electron chi connectivity index (χ0n) is 11.5. The van der Waals surface area contributed by atoms with E-state index in [9.17, 15) is 0 Å². The Balaban J connectivity index is 1.58. The molecular weight excluding hydrogens is 250 g/mol. The highest BCUT2D eigenvalue weighted by atomic mass is 16.5. The van der Waals surface area contributed by atoms with Gasteiger partial charge in [-0.15, -0.1) is 0 Å². The van der Waals surface area contributed by atoms with E-state index in [1.807, 2.05) is 18.5 Å². The Kier molecular flexibility index (Phi) is 4.23. The molecule has 20 heavy (non-hydrogen) atoms. The monoisotopic (exact) mass is 269 g/mol. The summed E-state index contributed by atoms with van der Waals surface area (Å²) in [7, 11) is 0. The Bertz CT molecular complexity index is 521. The molecule has 1 aromatic heterocycles. The van der Waals surface area contributed by atoms with Gasteiger partial charge in [0, 0.05) is 25.5 Å². The van der Waals surface area contributed by atoms with Gasteiger partial charge in [-0.3, -0.25) is 0 Å². The van der Waals surface area contributed by atoms with Crippen molar-refractivity contribution in [3.8, 4) is 0 Å². The van der Waals surface area contributed by atoms with E-state index in [0.717, 1.165) is 45.1 Å². The van der Waals surface area contributed by atoms with Crippen molar-refractivity contribution >= 4 is 5.95 Å². The van der Waals surface area contributed by atoms with Gasteiger partial charge in [-0.25, -0.2) is 9.97 Å². The molecule has 0 atom stereocenters. The van der Waals surface area contributed by atoms with Crippen molar-refractivity contribution in [3.05, 3.63) is 53.9 Å². The zero-order chi connectivity index (χ0) is 13.6. The molecule has 1 aliphatic heterocycles. The highest BCUT2D eigenvalue weighted by Gasteiger charge is 2.13. The summed E-state index contributed by atoms with van der Waals surface area (Å²) in [6, 6.07) is 10.5. The van der Waals surface area contributed by atoms with Crippen molar-refractivity contribution < 1.29 is 4.74 Å².